The summed E-state index contributed by atoms with van der Waals surface area (Å²) in [6, 6.07) is 6.33. The Labute approximate surface area is 193 Å². The summed E-state index contributed by atoms with van der Waals surface area (Å²) in [5.74, 6) is -4.10. The zero-order valence-electron chi connectivity index (χ0n) is 18.6. The van der Waals surface area contributed by atoms with E-state index in [1.807, 2.05) is 0 Å². The number of nitrogens with one attached hydrogen (secondary N) is 2. The summed E-state index contributed by atoms with van der Waals surface area (Å²) >= 11 is 0. The highest BCUT2D eigenvalue weighted by Crippen LogP contribution is 2.26. The number of aliphatic hydroxyl groups is 1. The molecule has 1 aromatic heterocycles. The number of rotatable bonds is 7. The van der Waals surface area contributed by atoms with Gasteiger partial charge in [-0.3, -0.25) is 0 Å². The molecule has 0 saturated heterocycles. The van der Waals surface area contributed by atoms with Crippen LogP contribution in [-0.2, 0) is 6.54 Å². The van der Waals surface area contributed by atoms with Gasteiger partial charge >= 0.3 is 6.03 Å². The normalized spacial score (nSPS) is 12.2. The molecule has 0 fully saturated rings. The fraction of sp³-hybridized carbons (Fsp3) is 0.261. The van der Waals surface area contributed by atoms with Crippen molar-refractivity contribution in [3.63, 3.8) is 0 Å². The molecular formula is C23H23F4N5O2. The molecule has 1 heterocycles. The number of urea groups is 1. The Hall–Kier alpha value is -3.73. The molecule has 0 aliphatic rings. The van der Waals surface area contributed by atoms with Gasteiger partial charge in [0.25, 0.3) is 0 Å². The molecule has 0 radical (unpaired) electrons. The molecule has 7 nitrogen and oxygen atoms in total. The van der Waals surface area contributed by atoms with Crippen LogP contribution in [0.1, 0.15) is 26.3 Å². The first-order chi connectivity index (χ1) is 16.0. The lowest BCUT2D eigenvalue weighted by molar-refractivity contribution is 0.0646. The Balaban J connectivity index is 1.92. The van der Waals surface area contributed by atoms with E-state index in [0.29, 0.717) is 6.07 Å². The summed E-state index contributed by atoms with van der Waals surface area (Å²) in [6.45, 7) is 4.25. The maximum atomic E-state index is 14.0. The summed E-state index contributed by atoms with van der Waals surface area (Å²) in [4.78, 5) is 22.5. The molecular weight excluding hydrogens is 454 g/mol. The molecule has 1 atom stereocenters. The van der Waals surface area contributed by atoms with E-state index >= 15 is 0 Å². The number of carbonyl (C=O) groups excluding carboxylic acids is 1. The van der Waals surface area contributed by atoms with E-state index in [9.17, 15) is 27.5 Å². The van der Waals surface area contributed by atoms with Crippen LogP contribution in [0.15, 0.2) is 48.7 Å². The topological polar surface area (TPSA) is 90.4 Å². The second-order valence-electron chi connectivity index (χ2n) is 8.05. The van der Waals surface area contributed by atoms with Gasteiger partial charge in [0.15, 0.2) is 11.6 Å². The number of aromatic nitrogens is 2. The van der Waals surface area contributed by atoms with Crippen LogP contribution in [-0.4, -0.2) is 32.7 Å². The van der Waals surface area contributed by atoms with Crippen LogP contribution in [0.25, 0.3) is 0 Å². The van der Waals surface area contributed by atoms with Crippen LogP contribution in [0.5, 0.6) is 0 Å². The lowest BCUT2D eigenvalue weighted by Crippen LogP contribution is -2.40. The third-order valence-corrected chi connectivity index (χ3v) is 5.12. The van der Waals surface area contributed by atoms with Crippen LogP contribution >= 0.6 is 0 Å². The standard InChI is InChI=1S/C23H23F4N5O2/c1-13(23(2,3)34)30-21-28-11-10-19(31-21)32(15-6-4-14(24)5-7-15)22(33)29-12-16-17(25)8-9-18(26)20(16)27/h4-11,13,34H,12H2,1-3H3,(H,29,33)(H,28,30,31)/t13-/m0/s1. The zero-order chi connectivity index (χ0) is 25.0. The SMILES string of the molecule is C[C@H](Nc1nccc(N(C(=O)NCc2c(F)ccc(F)c2F)c2ccc(F)cc2)n1)C(C)(C)O. The molecule has 3 N–H and O–H groups in total. The minimum absolute atomic E-state index is 0.0461. The molecule has 2 amide bonds. The van der Waals surface area contributed by atoms with Crippen molar-refractivity contribution in [1.29, 1.82) is 0 Å². The monoisotopic (exact) mass is 477 g/mol. The Bertz CT molecular complexity index is 1170. The molecule has 180 valence electrons. The van der Waals surface area contributed by atoms with Crippen molar-refractivity contribution < 1.29 is 27.5 Å². The van der Waals surface area contributed by atoms with Crippen LogP contribution < -0.4 is 15.5 Å². The molecule has 0 saturated carbocycles. The van der Waals surface area contributed by atoms with Crippen LogP contribution in [0.3, 0.4) is 0 Å². The number of nitrogens with zero attached hydrogens (tertiary/aromatic N) is 3. The predicted octanol–water partition coefficient (Wildman–Crippen LogP) is 4.65. The Morgan fingerprint density at radius 2 is 1.71 bits per heavy atom. The molecule has 34 heavy (non-hydrogen) atoms. The number of halogens is 4. The van der Waals surface area contributed by atoms with Gasteiger partial charge in [0.1, 0.15) is 17.5 Å². The van der Waals surface area contributed by atoms with E-state index < -0.39 is 53.1 Å². The largest absolute Gasteiger partial charge is 0.388 e. The van der Waals surface area contributed by atoms with E-state index in [1.165, 1.54) is 24.4 Å². The van der Waals surface area contributed by atoms with Gasteiger partial charge in [-0.25, -0.2) is 32.2 Å². The van der Waals surface area contributed by atoms with Gasteiger partial charge in [-0.05, 0) is 57.2 Å². The summed E-state index contributed by atoms with van der Waals surface area (Å²) < 4.78 is 55.0. The lowest BCUT2D eigenvalue weighted by Gasteiger charge is -2.27. The van der Waals surface area contributed by atoms with Gasteiger partial charge in [0.05, 0.1) is 23.9 Å². The van der Waals surface area contributed by atoms with Gasteiger partial charge in [0, 0.05) is 17.8 Å². The second-order valence-corrected chi connectivity index (χ2v) is 8.05. The van der Waals surface area contributed by atoms with Crippen molar-refractivity contribution in [2.24, 2.45) is 0 Å². The van der Waals surface area contributed by atoms with Crippen molar-refractivity contribution in [1.82, 2.24) is 15.3 Å². The van der Waals surface area contributed by atoms with Crippen LogP contribution in [0.2, 0.25) is 0 Å². The number of hydrogen-bond acceptors (Lipinski definition) is 5. The molecule has 2 aromatic carbocycles. The molecule has 11 heteroatoms. The highest BCUT2D eigenvalue weighted by Gasteiger charge is 2.25. The van der Waals surface area contributed by atoms with Crippen molar-refractivity contribution in [2.75, 3.05) is 10.2 Å². The van der Waals surface area contributed by atoms with E-state index in [-0.39, 0.29) is 17.5 Å². The molecule has 0 bridgehead atoms. The maximum absolute atomic E-state index is 14.0. The summed E-state index contributed by atoms with van der Waals surface area (Å²) in [6.07, 6.45) is 1.36. The average Bonchev–Trinajstić information content (AvgIpc) is 2.77. The summed E-state index contributed by atoms with van der Waals surface area (Å²) in [5, 5.41) is 15.4. The highest BCUT2D eigenvalue weighted by atomic mass is 19.2. The van der Waals surface area contributed by atoms with E-state index in [1.54, 1.807) is 20.8 Å². The third kappa shape index (κ3) is 5.79. The second kappa shape index (κ2) is 10.0. The van der Waals surface area contributed by atoms with Gasteiger partial charge < -0.3 is 15.7 Å². The fourth-order valence-electron chi connectivity index (χ4n) is 2.83. The van der Waals surface area contributed by atoms with Crippen molar-refractivity contribution in [3.05, 3.63) is 77.5 Å². The first-order valence-corrected chi connectivity index (χ1v) is 10.2. The first-order valence-electron chi connectivity index (χ1n) is 10.2. The average molecular weight is 477 g/mol. The molecule has 3 rings (SSSR count). The number of amides is 2. The summed E-state index contributed by atoms with van der Waals surface area (Å²) in [7, 11) is 0. The quantitative estimate of drug-likeness (QED) is 0.340. The van der Waals surface area contributed by atoms with Crippen molar-refractivity contribution >= 4 is 23.5 Å². The van der Waals surface area contributed by atoms with Gasteiger partial charge in [0.2, 0.25) is 5.95 Å². The van der Waals surface area contributed by atoms with E-state index in [0.717, 1.165) is 23.1 Å². The van der Waals surface area contributed by atoms with E-state index in [4.69, 9.17) is 0 Å². The van der Waals surface area contributed by atoms with Gasteiger partial charge in [-0.1, -0.05) is 0 Å². The number of hydrogen-bond donors (Lipinski definition) is 3. The first kappa shape index (κ1) is 24.9. The van der Waals surface area contributed by atoms with Crippen LogP contribution in [0.4, 0.5) is 39.8 Å². The Morgan fingerprint density at radius 1 is 1.06 bits per heavy atom. The third-order valence-electron chi connectivity index (χ3n) is 5.12. The van der Waals surface area contributed by atoms with Crippen LogP contribution in [0, 0.1) is 23.3 Å². The molecule has 0 aliphatic heterocycles. The van der Waals surface area contributed by atoms with E-state index in [2.05, 4.69) is 20.6 Å². The molecule has 0 aliphatic carbocycles. The van der Waals surface area contributed by atoms with Crippen molar-refractivity contribution in [2.45, 2.75) is 39.0 Å². The Morgan fingerprint density at radius 3 is 2.35 bits per heavy atom. The molecule has 3 aromatic rings. The Kier molecular flexibility index (Phi) is 7.35. The molecule has 0 spiro atoms. The van der Waals surface area contributed by atoms with Gasteiger partial charge in [-0.15, -0.1) is 0 Å². The highest BCUT2D eigenvalue weighted by molar-refractivity contribution is 5.98. The summed E-state index contributed by atoms with van der Waals surface area (Å²) in [5.41, 5.74) is -1.57. The molecule has 0 unspecified atom stereocenters. The number of carbonyl (C=O) groups is 1. The lowest BCUT2D eigenvalue weighted by atomic mass is 10.0. The van der Waals surface area contributed by atoms with Crippen molar-refractivity contribution in [3.8, 4) is 0 Å². The maximum Gasteiger partial charge on any atom is 0.327 e. The number of anilines is 3. The minimum atomic E-state index is -1.41. The zero-order valence-corrected chi connectivity index (χ0v) is 18.6. The van der Waals surface area contributed by atoms with Gasteiger partial charge in [-0.2, -0.15) is 4.98 Å². The predicted molar refractivity (Wildman–Crippen MR) is 119 cm³/mol. The number of benzene rings is 2. The minimum Gasteiger partial charge on any atom is -0.388 e. The fourth-order valence-corrected chi connectivity index (χ4v) is 2.83. The smallest absolute Gasteiger partial charge is 0.327 e.